The van der Waals surface area contributed by atoms with Crippen LogP contribution in [-0.4, -0.2) is 43.9 Å². The lowest BCUT2D eigenvalue weighted by atomic mass is 10.0. The Morgan fingerprint density at radius 3 is 2.61 bits per heavy atom. The van der Waals surface area contributed by atoms with Crippen LogP contribution in [0.4, 0.5) is 11.4 Å². The first-order chi connectivity index (χ1) is 10.8. The van der Waals surface area contributed by atoms with E-state index >= 15 is 0 Å². The molecule has 8 nitrogen and oxygen atoms in total. The van der Waals surface area contributed by atoms with Crippen molar-refractivity contribution >= 4 is 21.4 Å². The molecule has 0 aromatic heterocycles. The van der Waals surface area contributed by atoms with E-state index in [-0.39, 0.29) is 16.6 Å². The van der Waals surface area contributed by atoms with Gasteiger partial charge in [0.2, 0.25) is 10.0 Å². The molecule has 2 rings (SSSR count). The van der Waals surface area contributed by atoms with E-state index in [0.29, 0.717) is 5.69 Å². The summed E-state index contributed by atoms with van der Waals surface area (Å²) in [4.78, 5) is 12.6. The maximum absolute atomic E-state index is 11.3. The van der Waals surface area contributed by atoms with E-state index in [1.54, 1.807) is 0 Å². The van der Waals surface area contributed by atoms with Gasteiger partial charge in [0.05, 0.1) is 9.82 Å². The van der Waals surface area contributed by atoms with Crippen LogP contribution in [0.15, 0.2) is 35.7 Å². The van der Waals surface area contributed by atoms with E-state index in [1.807, 2.05) is 6.08 Å². The summed E-state index contributed by atoms with van der Waals surface area (Å²) < 4.78 is 22.7. The van der Waals surface area contributed by atoms with E-state index in [0.717, 1.165) is 38.5 Å². The maximum atomic E-state index is 11.3. The molecule has 1 aliphatic rings. The number of sulfonamides is 1. The van der Waals surface area contributed by atoms with Gasteiger partial charge in [-0.05, 0) is 25.0 Å². The Balaban J connectivity index is 2.14. The van der Waals surface area contributed by atoms with Gasteiger partial charge in [0.25, 0.3) is 5.69 Å². The third kappa shape index (κ3) is 4.50. The number of nitrogens with zero attached hydrogens (tertiary/aromatic N) is 2. The van der Waals surface area contributed by atoms with E-state index in [2.05, 4.69) is 16.8 Å². The molecule has 23 heavy (non-hydrogen) atoms. The summed E-state index contributed by atoms with van der Waals surface area (Å²) in [6, 6.07) is 3.77. The number of hydrogen-bond acceptors (Lipinski definition) is 6. The van der Waals surface area contributed by atoms with Crippen LogP contribution in [0.3, 0.4) is 0 Å². The number of anilines is 1. The molecular formula is C14H20N4O4S. The van der Waals surface area contributed by atoms with Gasteiger partial charge in [0.1, 0.15) is 5.69 Å². The van der Waals surface area contributed by atoms with Crippen LogP contribution >= 0.6 is 0 Å². The Bertz CT molecular complexity index is 697. The number of nitro benzene ring substituents is 1. The van der Waals surface area contributed by atoms with Gasteiger partial charge in [0.15, 0.2) is 0 Å². The van der Waals surface area contributed by atoms with Gasteiger partial charge in [-0.25, -0.2) is 13.6 Å². The second-order valence-corrected chi connectivity index (χ2v) is 7.05. The zero-order valence-corrected chi connectivity index (χ0v) is 13.5. The Morgan fingerprint density at radius 2 is 2.09 bits per heavy atom. The predicted octanol–water partition coefficient (Wildman–Crippen LogP) is 1.30. The van der Waals surface area contributed by atoms with Crippen molar-refractivity contribution in [2.45, 2.75) is 23.8 Å². The molecule has 0 spiro atoms. The van der Waals surface area contributed by atoms with Crippen molar-refractivity contribution in [3.8, 4) is 0 Å². The normalized spacial score (nSPS) is 16.9. The van der Waals surface area contributed by atoms with Gasteiger partial charge >= 0.3 is 0 Å². The molecule has 1 heterocycles. The van der Waals surface area contributed by atoms with Gasteiger partial charge < -0.3 is 5.32 Å². The average molecular weight is 340 g/mol. The highest BCUT2D eigenvalue weighted by Crippen LogP contribution is 2.29. The van der Waals surface area contributed by atoms with Crippen LogP contribution in [0, 0.1) is 10.1 Å². The largest absolute Gasteiger partial charge is 0.377 e. The molecule has 9 heteroatoms. The van der Waals surface area contributed by atoms with Crippen LogP contribution in [0.25, 0.3) is 0 Å². The molecule has 1 aromatic rings. The summed E-state index contributed by atoms with van der Waals surface area (Å²) in [5.74, 6) is 0. The Kier molecular flexibility index (Phi) is 5.34. The zero-order valence-electron chi connectivity index (χ0n) is 12.6. The van der Waals surface area contributed by atoms with E-state index in [4.69, 9.17) is 5.14 Å². The highest BCUT2D eigenvalue weighted by molar-refractivity contribution is 7.89. The molecule has 0 atom stereocenters. The molecule has 1 aliphatic heterocycles. The second kappa shape index (κ2) is 7.07. The summed E-state index contributed by atoms with van der Waals surface area (Å²) in [5, 5.41) is 19.4. The van der Waals surface area contributed by atoms with E-state index in [1.165, 1.54) is 12.1 Å². The highest BCUT2D eigenvalue weighted by atomic mass is 32.2. The van der Waals surface area contributed by atoms with Gasteiger partial charge in [-0.2, -0.15) is 0 Å². The van der Waals surface area contributed by atoms with Crippen molar-refractivity contribution in [1.29, 1.82) is 0 Å². The Morgan fingerprint density at radius 1 is 1.43 bits per heavy atom. The van der Waals surface area contributed by atoms with Gasteiger partial charge in [-0.1, -0.05) is 6.08 Å². The van der Waals surface area contributed by atoms with Crippen molar-refractivity contribution in [2.75, 3.05) is 25.0 Å². The zero-order chi connectivity index (χ0) is 17.0. The number of primary sulfonamides is 1. The standard InChI is InChI=1S/C14H20N4O4S/c1-2-7-17-8-5-11(6-9-17)16-13-4-3-12(23(15,21)22)10-14(13)18(19)20/h2-4,10-11,16H,1,5-9H2,(H2,15,21,22). The SMILES string of the molecule is C=CCN1CCC(Nc2ccc(S(N)(=O)=O)cc2[N+](=O)[O-])CC1. The third-order valence-corrected chi connectivity index (χ3v) is 4.74. The van der Waals surface area contributed by atoms with Crippen LogP contribution in [-0.2, 0) is 10.0 Å². The van der Waals surface area contributed by atoms with Gasteiger partial charge in [-0.15, -0.1) is 6.58 Å². The minimum Gasteiger partial charge on any atom is -0.377 e. The van der Waals surface area contributed by atoms with Crippen molar-refractivity contribution in [3.05, 3.63) is 41.0 Å². The van der Waals surface area contributed by atoms with Gasteiger partial charge in [0, 0.05) is 31.7 Å². The average Bonchev–Trinajstić information content (AvgIpc) is 2.48. The minimum absolute atomic E-state index is 0.107. The lowest BCUT2D eigenvalue weighted by Crippen LogP contribution is -2.39. The molecular weight excluding hydrogens is 320 g/mol. The molecule has 0 amide bonds. The smallest absolute Gasteiger partial charge is 0.293 e. The fourth-order valence-electron chi connectivity index (χ4n) is 2.62. The lowest BCUT2D eigenvalue weighted by molar-refractivity contribution is -0.384. The van der Waals surface area contributed by atoms with Crippen molar-refractivity contribution in [1.82, 2.24) is 4.90 Å². The summed E-state index contributed by atoms with van der Waals surface area (Å²) in [6.45, 7) is 6.30. The fourth-order valence-corrected chi connectivity index (χ4v) is 3.16. The van der Waals surface area contributed by atoms with Crippen LogP contribution < -0.4 is 10.5 Å². The molecule has 3 N–H and O–H groups in total. The van der Waals surface area contributed by atoms with Crippen molar-refractivity contribution in [3.63, 3.8) is 0 Å². The number of piperidine rings is 1. The molecule has 0 aliphatic carbocycles. The first-order valence-corrected chi connectivity index (χ1v) is 8.77. The predicted molar refractivity (Wildman–Crippen MR) is 87.8 cm³/mol. The number of nitro groups is 1. The first-order valence-electron chi connectivity index (χ1n) is 7.22. The third-order valence-electron chi connectivity index (χ3n) is 3.83. The number of nitrogens with one attached hydrogen (secondary N) is 1. The molecule has 1 aromatic carbocycles. The highest BCUT2D eigenvalue weighted by Gasteiger charge is 2.23. The minimum atomic E-state index is -3.97. The molecule has 0 unspecified atom stereocenters. The molecule has 126 valence electrons. The van der Waals surface area contributed by atoms with Crippen LogP contribution in [0.5, 0.6) is 0 Å². The number of benzene rings is 1. The Hall–Kier alpha value is -1.97. The number of likely N-dealkylation sites (tertiary alicyclic amines) is 1. The monoisotopic (exact) mass is 340 g/mol. The molecule has 0 bridgehead atoms. The van der Waals surface area contributed by atoms with E-state index in [9.17, 15) is 18.5 Å². The Labute approximate surface area is 135 Å². The maximum Gasteiger partial charge on any atom is 0.293 e. The molecule has 1 fully saturated rings. The number of hydrogen-bond donors (Lipinski definition) is 2. The summed E-state index contributed by atoms with van der Waals surface area (Å²) in [5.41, 5.74) is 0.0228. The summed E-state index contributed by atoms with van der Waals surface area (Å²) in [7, 11) is -3.97. The molecule has 0 radical (unpaired) electrons. The fraction of sp³-hybridized carbons (Fsp3) is 0.429. The number of rotatable bonds is 6. The van der Waals surface area contributed by atoms with Crippen LogP contribution in [0.1, 0.15) is 12.8 Å². The van der Waals surface area contributed by atoms with Crippen molar-refractivity contribution in [2.24, 2.45) is 5.14 Å². The molecule has 0 saturated carbocycles. The lowest BCUT2D eigenvalue weighted by Gasteiger charge is -2.32. The quantitative estimate of drug-likeness (QED) is 0.458. The molecule has 1 saturated heterocycles. The van der Waals surface area contributed by atoms with Crippen LogP contribution in [0.2, 0.25) is 0 Å². The van der Waals surface area contributed by atoms with Crippen molar-refractivity contribution < 1.29 is 13.3 Å². The topological polar surface area (TPSA) is 119 Å². The summed E-state index contributed by atoms with van der Waals surface area (Å²) in [6.07, 6.45) is 3.55. The first kappa shape index (κ1) is 17.4. The van der Waals surface area contributed by atoms with E-state index < -0.39 is 14.9 Å². The van der Waals surface area contributed by atoms with Gasteiger partial charge in [-0.3, -0.25) is 15.0 Å². The summed E-state index contributed by atoms with van der Waals surface area (Å²) >= 11 is 0. The second-order valence-electron chi connectivity index (χ2n) is 5.49. The number of nitrogens with two attached hydrogens (primary N) is 1.